The van der Waals surface area contributed by atoms with Crippen LogP contribution >= 0.6 is 0 Å². The van der Waals surface area contributed by atoms with Crippen LogP contribution in [-0.4, -0.2) is 46.3 Å². The molecule has 0 amide bonds. The average molecular weight is 414 g/mol. The van der Waals surface area contributed by atoms with E-state index < -0.39 is 5.97 Å². The Labute approximate surface area is 173 Å². The zero-order chi connectivity index (χ0) is 21.7. The molecule has 0 fully saturated rings. The Balaban J connectivity index is 1.86. The van der Waals surface area contributed by atoms with Gasteiger partial charge in [0.2, 0.25) is 11.5 Å². The summed E-state index contributed by atoms with van der Waals surface area (Å²) < 4.78 is 32.0. The first-order valence-electron chi connectivity index (χ1n) is 9.18. The Bertz CT molecular complexity index is 993. The van der Waals surface area contributed by atoms with Crippen LogP contribution in [0, 0.1) is 0 Å². The van der Waals surface area contributed by atoms with Gasteiger partial charge in [-0.15, -0.1) is 0 Å². The van der Waals surface area contributed by atoms with E-state index in [0.29, 0.717) is 39.9 Å². The van der Waals surface area contributed by atoms with Crippen molar-refractivity contribution in [1.29, 1.82) is 0 Å². The third-order valence-corrected chi connectivity index (χ3v) is 4.32. The maximum Gasteiger partial charge on any atom is 0.344 e. The summed E-state index contributed by atoms with van der Waals surface area (Å²) in [5.74, 6) is 1.42. The molecule has 30 heavy (non-hydrogen) atoms. The second-order valence-corrected chi connectivity index (χ2v) is 6.11. The fourth-order valence-electron chi connectivity index (χ4n) is 2.98. The minimum atomic E-state index is -0.476. The second-order valence-electron chi connectivity index (χ2n) is 6.11. The van der Waals surface area contributed by atoms with E-state index in [1.54, 1.807) is 43.3 Å². The fourth-order valence-corrected chi connectivity index (χ4v) is 2.98. The number of carbonyl (C=O) groups is 2. The number of benzene rings is 2. The molecule has 0 N–H and O–H groups in total. The van der Waals surface area contributed by atoms with Crippen LogP contribution in [-0.2, 0) is 9.53 Å². The van der Waals surface area contributed by atoms with Gasteiger partial charge in [0.05, 0.1) is 33.5 Å². The van der Waals surface area contributed by atoms with E-state index >= 15 is 0 Å². The number of hydrogen-bond donors (Lipinski definition) is 0. The molecule has 8 nitrogen and oxygen atoms in total. The highest BCUT2D eigenvalue weighted by Gasteiger charge is 2.28. The molecule has 158 valence electrons. The summed E-state index contributed by atoms with van der Waals surface area (Å²) in [6.45, 7) is 1.76. The average Bonchev–Trinajstić information content (AvgIpc) is 3.06. The smallest absolute Gasteiger partial charge is 0.344 e. The Morgan fingerprint density at radius 1 is 1.03 bits per heavy atom. The lowest BCUT2D eigenvalue weighted by Crippen LogP contribution is -2.14. The molecule has 1 aliphatic heterocycles. The topological polar surface area (TPSA) is 89.5 Å². The van der Waals surface area contributed by atoms with Crippen molar-refractivity contribution in [3.63, 3.8) is 0 Å². The summed E-state index contributed by atoms with van der Waals surface area (Å²) in [5, 5.41) is 0. The van der Waals surface area contributed by atoms with Crippen molar-refractivity contribution in [2.75, 3.05) is 34.5 Å². The molecule has 3 rings (SSSR count). The molecule has 0 unspecified atom stereocenters. The number of Topliss-reactive ketones (excluding diaryl/α,β-unsaturated/α-hetero) is 1. The second kappa shape index (κ2) is 9.21. The number of esters is 1. The molecule has 0 radical (unpaired) electrons. The summed E-state index contributed by atoms with van der Waals surface area (Å²) in [6.07, 6.45) is 1.57. The fraction of sp³-hybridized carbons (Fsp3) is 0.273. The molecule has 8 heteroatoms. The summed E-state index contributed by atoms with van der Waals surface area (Å²) in [7, 11) is 4.53. The van der Waals surface area contributed by atoms with Crippen LogP contribution in [0.2, 0.25) is 0 Å². The molecule has 1 aliphatic rings. The van der Waals surface area contributed by atoms with E-state index in [1.165, 1.54) is 21.3 Å². The standard InChI is InChI=1S/C22H22O8/c1-5-28-19(23)12-29-14-7-8-15-17(11-14)30-18(20(15)24)10-13-6-9-16(25-2)22(27-4)21(13)26-3/h6-11H,5,12H2,1-4H3. The number of carbonyl (C=O) groups excluding carboxylic acids is 2. The number of hydrogen-bond acceptors (Lipinski definition) is 8. The number of allylic oxidation sites excluding steroid dienone is 1. The normalized spacial score (nSPS) is 13.5. The van der Waals surface area contributed by atoms with E-state index in [0.717, 1.165) is 0 Å². The molecule has 0 saturated carbocycles. The van der Waals surface area contributed by atoms with Gasteiger partial charge in [0.15, 0.2) is 23.9 Å². The molecule has 0 spiro atoms. The zero-order valence-electron chi connectivity index (χ0n) is 17.1. The van der Waals surface area contributed by atoms with Gasteiger partial charge < -0.3 is 28.4 Å². The van der Waals surface area contributed by atoms with Crippen molar-refractivity contribution in [2.45, 2.75) is 6.92 Å². The molecule has 0 saturated heterocycles. The third kappa shape index (κ3) is 4.17. The Morgan fingerprint density at radius 2 is 1.80 bits per heavy atom. The highest BCUT2D eigenvalue weighted by Crippen LogP contribution is 2.42. The van der Waals surface area contributed by atoms with Gasteiger partial charge in [-0.1, -0.05) is 0 Å². The predicted octanol–water partition coefficient (Wildman–Crippen LogP) is 3.27. The van der Waals surface area contributed by atoms with Crippen LogP contribution in [0.3, 0.4) is 0 Å². The van der Waals surface area contributed by atoms with E-state index in [2.05, 4.69) is 0 Å². The Morgan fingerprint density at radius 3 is 2.47 bits per heavy atom. The largest absolute Gasteiger partial charge is 0.493 e. The van der Waals surface area contributed by atoms with E-state index in [-0.39, 0.29) is 24.8 Å². The Hall–Kier alpha value is -3.68. The van der Waals surface area contributed by atoms with Crippen molar-refractivity contribution < 1.29 is 38.0 Å². The molecule has 2 aromatic rings. The Kier molecular flexibility index (Phi) is 6.46. The molecule has 2 aromatic carbocycles. The van der Waals surface area contributed by atoms with Crippen molar-refractivity contribution in [3.05, 3.63) is 47.2 Å². The van der Waals surface area contributed by atoms with Gasteiger partial charge in [0.1, 0.15) is 11.5 Å². The van der Waals surface area contributed by atoms with Crippen LogP contribution < -0.4 is 23.7 Å². The van der Waals surface area contributed by atoms with Crippen LogP contribution in [0.5, 0.6) is 28.7 Å². The highest BCUT2D eigenvalue weighted by molar-refractivity contribution is 6.14. The number of fused-ring (bicyclic) bond motifs is 1. The van der Waals surface area contributed by atoms with Crippen molar-refractivity contribution >= 4 is 17.8 Å². The van der Waals surface area contributed by atoms with Gasteiger partial charge >= 0.3 is 5.97 Å². The molecular formula is C22H22O8. The zero-order valence-corrected chi connectivity index (χ0v) is 17.1. The molecular weight excluding hydrogens is 392 g/mol. The van der Waals surface area contributed by atoms with Crippen molar-refractivity contribution in [2.24, 2.45) is 0 Å². The monoisotopic (exact) mass is 414 g/mol. The van der Waals surface area contributed by atoms with Crippen LogP contribution in [0.1, 0.15) is 22.8 Å². The third-order valence-electron chi connectivity index (χ3n) is 4.32. The van der Waals surface area contributed by atoms with Gasteiger partial charge in [-0.05, 0) is 37.3 Å². The SMILES string of the molecule is CCOC(=O)COc1ccc2c(c1)OC(=Cc1ccc(OC)c(OC)c1OC)C2=O. The lowest BCUT2D eigenvalue weighted by atomic mass is 10.1. The van der Waals surface area contributed by atoms with Crippen LogP contribution in [0.15, 0.2) is 36.1 Å². The van der Waals surface area contributed by atoms with E-state index in [9.17, 15) is 9.59 Å². The highest BCUT2D eigenvalue weighted by atomic mass is 16.6. The first-order chi connectivity index (χ1) is 14.5. The minimum absolute atomic E-state index is 0.123. The summed E-state index contributed by atoms with van der Waals surface area (Å²) in [6, 6.07) is 8.19. The number of methoxy groups -OCH3 is 3. The van der Waals surface area contributed by atoms with Gasteiger partial charge in [-0.25, -0.2) is 4.79 Å². The van der Waals surface area contributed by atoms with Gasteiger partial charge in [0, 0.05) is 11.6 Å². The quantitative estimate of drug-likeness (QED) is 0.480. The molecule has 0 bridgehead atoms. The van der Waals surface area contributed by atoms with Crippen molar-refractivity contribution in [1.82, 2.24) is 0 Å². The summed E-state index contributed by atoms with van der Waals surface area (Å²) in [4.78, 5) is 24.2. The van der Waals surface area contributed by atoms with E-state index in [4.69, 9.17) is 28.4 Å². The molecule has 0 atom stereocenters. The summed E-state index contributed by atoms with van der Waals surface area (Å²) >= 11 is 0. The van der Waals surface area contributed by atoms with Crippen molar-refractivity contribution in [3.8, 4) is 28.7 Å². The lowest BCUT2D eigenvalue weighted by molar-refractivity contribution is -0.145. The van der Waals surface area contributed by atoms with Gasteiger partial charge in [-0.3, -0.25) is 4.79 Å². The van der Waals surface area contributed by atoms with E-state index in [1.807, 2.05) is 0 Å². The van der Waals surface area contributed by atoms with Gasteiger partial charge in [0.25, 0.3) is 0 Å². The molecule has 0 aliphatic carbocycles. The van der Waals surface area contributed by atoms with Gasteiger partial charge in [-0.2, -0.15) is 0 Å². The number of ether oxygens (including phenoxy) is 6. The minimum Gasteiger partial charge on any atom is -0.493 e. The number of rotatable bonds is 8. The molecule has 0 aromatic heterocycles. The first-order valence-corrected chi connectivity index (χ1v) is 9.18. The number of ketones is 1. The van der Waals surface area contributed by atoms with Crippen LogP contribution in [0.4, 0.5) is 0 Å². The lowest BCUT2D eigenvalue weighted by Gasteiger charge is -2.14. The maximum absolute atomic E-state index is 12.7. The maximum atomic E-state index is 12.7. The first kappa shape index (κ1) is 21.0. The summed E-state index contributed by atoms with van der Waals surface area (Å²) in [5.41, 5.74) is 0.981. The molecule has 1 heterocycles. The van der Waals surface area contributed by atoms with Crippen LogP contribution in [0.25, 0.3) is 6.08 Å². The predicted molar refractivity (Wildman–Crippen MR) is 108 cm³/mol.